The maximum Gasteiger partial charge on any atom is 0.239 e. The summed E-state index contributed by atoms with van der Waals surface area (Å²) in [5, 5.41) is 2.94. The molecule has 2 rings (SSSR count). The molecule has 0 radical (unpaired) electrons. The third-order valence-corrected chi connectivity index (χ3v) is 3.00. The van der Waals surface area contributed by atoms with Crippen molar-refractivity contribution in [3.8, 4) is 0 Å². The van der Waals surface area contributed by atoms with E-state index in [0.717, 1.165) is 11.3 Å². The number of amides is 1. The molecule has 0 saturated carbocycles. The summed E-state index contributed by atoms with van der Waals surface area (Å²) in [6.45, 7) is 6.77. The molecule has 0 fully saturated rings. The number of nitrogens with zero attached hydrogens (tertiary/aromatic N) is 1. The molecule has 1 aromatic carbocycles. The lowest BCUT2D eigenvalue weighted by Gasteiger charge is -2.31. The number of carbonyl (C=O) groups excluding carboxylic acids is 2. The monoisotopic (exact) mass is 260 g/mol. The first kappa shape index (κ1) is 13.6. The molecule has 1 aliphatic rings. The van der Waals surface area contributed by atoms with Crippen molar-refractivity contribution >= 4 is 17.4 Å². The number of fused-ring (bicyclic) bond motifs is 1. The second-order valence-electron chi connectivity index (χ2n) is 5.91. The van der Waals surface area contributed by atoms with Crippen LogP contribution in [0.3, 0.4) is 0 Å². The zero-order valence-corrected chi connectivity index (χ0v) is 11.7. The molecule has 4 heteroatoms. The number of ketones is 1. The molecular formula is C15H20N2O2. The molecule has 19 heavy (non-hydrogen) atoms. The second kappa shape index (κ2) is 5.03. The van der Waals surface area contributed by atoms with Crippen LogP contribution in [0.4, 0.5) is 5.69 Å². The van der Waals surface area contributed by atoms with Gasteiger partial charge in [-0.25, -0.2) is 0 Å². The standard InChI is InChI=1S/C15H20N2O2/c1-15(2,3)16-14(19)10-17-9-8-13(18)11-6-4-5-7-12(11)17/h4-7H,8-10H2,1-3H3,(H,16,19). The normalized spacial score (nSPS) is 15.1. The number of carbonyl (C=O) groups is 2. The SMILES string of the molecule is CC(C)(C)NC(=O)CN1CCC(=O)c2ccccc21. The average Bonchev–Trinajstić information content (AvgIpc) is 2.31. The van der Waals surface area contributed by atoms with Gasteiger partial charge in [-0.2, -0.15) is 0 Å². The molecule has 1 amide bonds. The average molecular weight is 260 g/mol. The van der Waals surface area contributed by atoms with Gasteiger partial charge >= 0.3 is 0 Å². The number of hydrogen-bond acceptors (Lipinski definition) is 3. The molecule has 1 aliphatic heterocycles. The van der Waals surface area contributed by atoms with Gasteiger partial charge in [-0.05, 0) is 32.9 Å². The smallest absolute Gasteiger partial charge is 0.239 e. The minimum Gasteiger partial charge on any atom is -0.361 e. The van der Waals surface area contributed by atoms with Crippen molar-refractivity contribution in [2.45, 2.75) is 32.7 Å². The minimum atomic E-state index is -0.234. The van der Waals surface area contributed by atoms with Crippen molar-refractivity contribution < 1.29 is 9.59 Å². The van der Waals surface area contributed by atoms with E-state index in [0.29, 0.717) is 19.5 Å². The zero-order chi connectivity index (χ0) is 14.0. The lowest BCUT2D eigenvalue weighted by Crippen LogP contribution is -2.47. The van der Waals surface area contributed by atoms with Crippen molar-refractivity contribution in [3.63, 3.8) is 0 Å². The van der Waals surface area contributed by atoms with Crippen LogP contribution in [0.25, 0.3) is 0 Å². The maximum absolute atomic E-state index is 12.0. The first-order valence-electron chi connectivity index (χ1n) is 6.55. The number of nitrogens with one attached hydrogen (secondary N) is 1. The van der Waals surface area contributed by atoms with Gasteiger partial charge in [0.2, 0.25) is 5.91 Å². The number of rotatable bonds is 2. The van der Waals surface area contributed by atoms with Gasteiger partial charge in [-0.3, -0.25) is 9.59 Å². The summed E-state index contributed by atoms with van der Waals surface area (Å²) < 4.78 is 0. The molecule has 0 atom stereocenters. The lowest BCUT2D eigenvalue weighted by molar-refractivity contribution is -0.121. The Morgan fingerprint density at radius 1 is 1.32 bits per heavy atom. The lowest BCUT2D eigenvalue weighted by atomic mass is 10.0. The quantitative estimate of drug-likeness (QED) is 0.884. The Balaban J connectivity index is 2.13. The Bertz CT molecular complexity index is 503. The molecule has 1 heterocycles. The molecule has 1 aromatic rings. The van der Waals surface area contributed by atoms with Crippen molar-refractivity contribution in [2.75, 3.05) is 18.0 Å². The highest BCUT2D eigenvalue weighted by atomic mass is 16.2. The van der Waals surface area contributed by atoms with E-state index in [4.69, 9.17) is 0 Å². The summed E-state index contributed by atoms with van der Waals surface area (Å²) in [5.41, 5.74) is 1.35. The fraction of sp³-hybridized carbons (Fsp3) is 0.467. The van der Waals surface area contributed by atoms with Crippen molar-refractivity contribution in [3.05, 3.63) is 29.8 Å². The van der Waals surface area contributed by atoms with E-state index in [2.05, 4.69) is 5.32 Å². The summed E-state index contributed by atoms with van der Waals surface area (Å²) >= 11 is 0. The van der Waals surface area contributed by atoms with Gasteiger partial charge in [0.15, 0.2) is 5.78 Å². The van der Waals surface area contributed by atoms with E-state index >= 15 is 0 Å². The van der Waals surface area contributed by atoms with Gasteiger partial charge in [0.25, 0.3) is 0 Å². The minimum absolute atomic E-state index is 0.0170. The predicted molar refractivity (Wildman–Crippen MR) is 75.5 cm³/mol. The molecule has 0 aliphatic carbocycles. The molecule has 102 valence electrons. The number of benzene rings is 1. The van der Waals surface area contributed by atoms with Crippen LogP contribution >= 0.6 is 0 Å². The number of Topliss-reactive ketones (excluding diaryl/α,β-unsaturated/α-hetero) is 1. The van der Waals surface area contributed by atoms with E-state index in [1.807, 2.05) is 49.9 Å². The van der Waals surface area contributed by atoms with Crippen LogP contribution < -0.4 is 10.2 Å². The van der Waals surface area contributed by atoms with Gasteiger partial charge in [0.05, 0.1) is 6.54 Å². The van der Waals surface area contributed by atoms with Gasteiger partial charge in [-0.15, -0.1) is 0 Å². The van der Waals surface area contributed by atoms with E-state index in [1.54, 1.807) is 0 Å². The van der Waals surface area contributed by atoms with E-state index in [1.165, 1.54) is 0 Å². The highest BCUT2D eigenvalue weighted by molar-refractivity contribution is 6.04. The predicted octanol–water partition coefficient (Wildman–Crippen LogP) is 1.99. The second-order valence-corrected chi connectivity index (χ2v) is 5.91. The van der Waals surface area contributed by atoms with Gasteiger partial charge in [0.1, 0.15) is 0 Å². The highest BCUT2D eigenvalue weighted by Crippen LogP contribution is 2.26. The third-order valence-electron chi connectivity index (χ3n) is 3.00. The fourth-order valence-electron chi connectivity index (χ4n) is 2.27. The topological polar surface area (TPSA) is 49.4 Å². The molecule has 0 spiro atoms. The van der Waals surface area contributed by atoms with Gasteiger partial charge in [0, 0.05) is 29.8 Å². The summed E-state index contributed by atoms with van der Waals surface area (Å²) in [5.74, 6) is 0.139. The number of anilines is 1. The molecule has 4 nitrogen and oxygen atoms in total. The van der Waals surface area contributed by atoms with Crippen LogP contribution in [-0.4, -0.2) is 30.3 Å². The summed E-state index contributed by atoms with van der Waals surface area (Å²) in [6.07, 6.45) is 0.472. The maximum atomic E-state index is 12.0. The number of para-hydroxylation sites is 1. The summed E-state index contributed by atoms with van der Waals surface area (Å²) in [7, 11) is 0. The highest BCUT2D eigenvalue weighted by Gasteiger charge is 2.24. The molecule has 0 unspecified atom stereocenters. The summed E-state index contributed by atoms with van der Waals surface area (Å²) in [4.78, 5) is 25.8. The van der Waals surface area contributed by atoms with E-state index < -0.39 is 0 Å². The third kappa shape index (κ3) is 3.34. The zero-order valence-electron chi connectivity index (χ0n) is 11.7. The summed E-state index contributed by atoms with van der Waals surface area (Å²) in [6, 6.07) is 7.48. The Kier molecular flexibility index (Phi) is 3.60. The Morgan fingerprint density at radius 3 is 2.68 bits per heavy atom. The Morgan fingerprint density at radius 2 is 2.00 bits per heavy atom. The van der Waals surface area contributed by atoms with Gasteiger partial charge in [-0.1, -0.05) is 12.1 Å². The number of hydrogen-bond donors (Lipinski definition) is 1. The van der Waals surface area contributed by atoms with E-state index in [9.17, 15) is 9.59 Å². The Hall–Kier alpha value is -1.84. The van der Waals surface area contributed by atoms with E-state index in [-0.39, 0.29) is 17.2 Å². The Labute approximate surface area is 113 Å². The molecule has 1 N–H and O–H groups in total. The first-order valence-corrected chi connectivity index (χ1v) is 6.55. The van der Waals surface area contributed by atoms with Crippen LogP contribution in [0.15, 0.2) is 24.3 Å². The van der Waals surface area contributed by atoms with Crippen LogP contribution in [0.1, 0.15) is 37.6 Å². The molecule has 0 bridgehead atoms. The van der Waals surface area contributed by atoms with Crippen LogP contribution in [0.2, 0.25) is 0 Å². The van der Waals surface area contributed by atoms with Crippen molar-refractivity contribution in [1.82, 2.24) is 5.32 Å². The fourth-order valence-corrected chi connectivity index (χ4v) is 2.27. The molecular weight excluding hydrogens is 240 g/mol. The van der Waals surface area contributed by atoms with Crippen molar-refractivity contribution in [2.24, 2.45) is 0 Å². The first-order chi connectivity index (χ1) is 8.87. The van der Waals surface area contributed by atoms with Crippen molar-refractivity contribution in [1.29, 1.82) is 0 Å². The largest absolute Gasteiger partial charge is 0.361 e. The van der Waals surface area contributed by atoms with Crippen LogP contribution in [0.5, 0.6) is 0 Å². The van der Waals surface area contributed by atoms with Crippen LogP contribution in [0, 0.1) is 0 Å². The molecule has 0 saturated heterocycles. The van der Waals surface area contributed by atoms with Crippen LogP contribution in [-0.2, 0) is 4.79 Å². The van der Waals surface area contributed by atoms with Gasteiger partial charge < -0.3 is 10.2 Å². The molecule has 0 aromatic heterocycles.